The zero-order valence-electron chi connectivity index (χ0n) is 12.6. The van der Waals surface area contributed by atoms with E-state index in [1.165, 1.54) is 31.2 Å². The molecule has 0 fully saturated rings. The fourth-order valence-electron chi connectivity index (χ4n) is 2.35. The Labute approximate surface area is 117 Å². The molecule has 108 valence electrons. The molecule has 0 aliphatic carbocycles. The molecule has 0 aliphatic rings. The molecule has 0 saturated carbocycles. The Morgan fingerprint density at radius 2 is 1.84 bits per heavy atom. The summed E-state index contributed by atoms with van der Waals surface area (Å²) in [6.45, 7) is 7.58. The van der Waals surface area contributed by atoms with Crippen LogP contribution in [-0.2, 0) is 5.41 Å². The van der Waals surface area contributed by atoms with Crippen LogP contribution in [0.5, 0.6) is 5.75 Å². The van der Waals surface area contributed by atoms with E-state index in [1.54, 1.807) is 0 Å². The molecule has 0 saturated heterocycles. The van der Waals surface area contributed by atoms with Crippen molar-refractivity contribution >= 4 is 0 Å². The molecule has 0 amide bonds. The first kappa shape index (κ1) is 16.0. The van der Waals surface area contributed by atoms with E-state index in [-0.39, 0.29) is 12.0 Å². The average Bonchev–Trinajstić information content (AvgIpc) is 2.40. The zero-order chi connectivity index (χ0) is 14.1. The van der Waals surface area contributed by atoms with Gasteiger partial charge in [0, 0.05) is 13.0 Å². The number of rotatable bonds is 9. The largest absolute Gasteiger partial charge is 0.493 e. The minimum Gasteiger partial charge on any atom is -0.493 e. The van der Waals surface area contributed by atoms with E-state index < -0.39 is 0 Å². The Balaban J connectivity index is 2.73. The third kappa shape index (κ3) is 5.23. The number of aliphatic hydroxyl groups excluding tert-OH is 1. The molecule has 0 radical (unpaired) electrons. The van der Waals surface area contributed by atoms with Crippen LogP contribution < -0.4 is 4.74 Å². The summed E-state index contributed by atoms with van der Waals surface area (Å²) in [5.41, 5.74) is 1.43. The van der Waals surface area contributed by atoms with Crippen molar-refractivity contribution in [2.75, 3.05) is 13.2 Å². The molecule has 2 nitrogen and oxygen atoms in total. The quantitative estimate of drug-likeness (QED) is 0.674. The normalized spacial score (nSPS) is 11.6. The number of hydrogen-bond donors (Lipinski definition) is 1. The molecule has 0 atom stereocenters. The Bertz CT molecular complexity index is 358. The van der Waals surface area contributed by atoms with E-state index in [2.05, 4.69) is 32.9 Å². The summed E-state index contributed by atoms with van der Waals surface area (Å²) in [4.78, 5) is 0. The van der Waals surface area contributed by atoms with Crippen molar-refractivity contribution in [1.29, 1.82) is 0 Å². The van der Waals surface area contributed by atoms with Gasteiger partial charge in [-0.15, -0.1) is 0 Å². The topological polar surface area (TPSA) is 29.5 Å². The summed E-state index contributed by atoms with van der Waals surface area (Å²) in [6.07, 6.45) is 5.67. The van der Waals surface area contributed by atoms with Crippen LogP contribution in [0.1, 0.15) is 58.4 Å². The lowest BCUT2D eigenvalue weighted by molar-refractivity contribution is 0.230. The molecular formula is C17H28O2. The Kier molecular flexibility index (Phi) is 6.93. The van der Waals surface area contributed by atoms with Crippen LogP contribution >= 0.6 is 0 Å². The van der Waals surface area contributed by atoms with Crippen LogP contribution in [0.25, 0.3) is 0 Å². The third-order valence-electron chi connectivity index (χ3n) is 3.58. The van der Waals surface area contributed by atoms with Crippen LogP contribution in [0.3, 0.4) is 0 Å². The summed E-state index contributed by atoms with van der Waals surface area (Å²) >= 11 is 0. The average molecular weight is 264 g/mol. The highest BCUT2D eigenvalue weighted by Gasteiger charge is 2.23. The molecule has 0 unspecified atom stereocenters. The molecule has 2 heteroatoms. The Morgan fingerprint density at radius 3 is 2.53 bits per heavy atom. The molecule has 1 N–H and O–H groups in total. The maximum atomic E-state index is 8.84. The smallest absolute Gasteiger partial charge is 0.123 e. The van der Waals surface area contributed by atoms with E-state index >= 15 is 0 Å². The SMILES string of the molecule is CCCCCC(C)(C)c1ccccc1OCCCO. The fraction of sp³-hybridized carbons (Fsp3) is 0.647. The Morgan fingerprint density at radius 1 is 1.11 bits per heavy atom. The number of hydrogen-bond acceptors (Lipinski definition) is 2. The van der Waals surface area contributed by atoms with Crippen molar-refractivity contribution in [3.8, 4) is 5.75 Å². The van der Waals surface area contributed by atoms with Crippen LogP contribution in [0, 0.1) is 0 Å². The van der Waals surface area contributed by atoms with E-state index in [0.717, 1.165) is 5.75 Å². The van der Waals surface area contributed by atoms with E-state index in [0.29, 0.717) is 13.0 Å². The minimum atomic E-state index is 0.144. The summed E-state index contributed by atoms with van der Waals surface area (Å²) < 4.78 is 5.81. The van der Waals surface area contributed by atoms with Crippen molar-refractivity contribution < 1.29 is 9.84 Å². The van der Waals surface area contributed by atoms with Crippen LogP contribution in [0.2, 0.25) is 0 Å². The molecule has 0 heterocycles. The van der Waals surface area contributed by atoms with Crippen LogP contribution in [-0.4, -0.2) is 18.3 Å². The first-order valence-corrected chi connectivity index (χ1v) is 7.45. The molecule has 0 bridgehead atoms. The van der Waals surface area contributed by atoms with Crippen molar-refractivity contribution in [2.24, 2.45) is 0 Å². The highest BCUT2D eigenvalue weighted by Crippen LogP contribution is 2.35. The predicted molar refractivity (Wildman–Crippen MR) is 80.8 cm³/mol. The molecule has 1 rings (SSSR count). The first-order chi connectivity index (χ1) is 9.11. The lowest BCUT2D eigenvalue weighted by atomic mass is 9.79. The summed E-state index contributed by atoms with van der Waals surface area (Å²) in [7, 11) is 0. The monoisotopic (exact) mass is 264 g/mol. The number of unbranched alkanes of at least 4 members (excludes halogenated alkanes) is 2. The number of aliphatic hydroxyl groups is 1. The van der Waals surface area contributed by atoms with Crippen LogP contribution in [0.15, 0.2) is 24.3 Å². The lowest BCUT2D eigenvalue weighted by Gasteiger charge is -2.27. The van der Waals surface area contributed by atoms with Gasteiger partial charge in [-0.3, -0.25) is 0 Å². The van der Waals surface area contributed by atoms with Gasteiger partial charge >= 0.3 is 0 Å². The standard InChI is InChI=1S/C17H28O2/c1-4-5-8-12-17(2,3)15-10-6-7-11-16(15)19-14-9-13-18/h6-7,10-11,18H,4-5,8-9,12-14H2,1-3H3. The second kappa shape index (κ2) is 8.21. The molecular weight excluding hydrogens is 236 g/mol. The van der Waals surface area contributed by atoms with Gasteiger partial charge in [0.05, 0.1) is 6.61 Å². The van der Waals surface area contributed by atoms with Gasteiger partial charge in [-0.2, -0.15) is 0 Å². The summed E-state index contributed by atoms with van der Waals surface area (Å²) in [5, 5.41) is 8.84. The second-order valence-electron chi connectivity index (χ2n) is 5.76. The maximum absolute atomic E-state index is 8.84. The summed E-state index contributed by atoms with van der Waals surface area (Å²) in [5.74, 6) is 0.970. The number of benzene rings is 1. The van der Waals surface area contributed by atoms with Crippen molar-refractivity contribution in [3.63, 3.8) is 0 Å². The van der Waals surface area contributed by atoms with Gasteiger partial charge in [0.15, 0.2) is 0 Å². The van der Waals surface area contributed by atoms with E-state index in [4.69, 9.17) is 9.84 Å². The highest BCUT2D eigenvalue weighted by atomic mass is 16.5. The number of para-hydroxylation sites is 1. The maximum Gasteiger partial charge on any atom is 0.123 e. The molecule has 1 aromatic rings. The minimum absolute atomic E-state index is 0.144. The molecule has 0 aromatic heterocycles. The predicted octanol–water partition coefficient (Wildman–Crippen LogP) is 4.31. The van der Waals surface area contributed by atoms with Crippen molar-refractivity contribution in [2.45, 2.75) is 58.3 Å². The molecule has 0 spiro atoms. The Hall–Kier alpha value is -1.02. The van der Waals surface area contributed by atoms with Gasteiger partial charge in [0.2, 0.25) is 0 Å². The first-order valence-electron chi connectivity index (χ1n) is 7.45. The van der Waals surface area contributed by atoms with Gasteiger partial charge in [-0.05, 0) is 23.5 Å². The lowest BCUT2D eigenvalue weighted by Crippen LogP contribution is -2.18. The van der Waals surface area contributed by atoms with Gasteiger partial charge in [-0.1, -0.05) is 58.2 Å². The van der Waals surface area contributed by atoms with Crippen molar-refractivity contribution in [1.82, 2.24) is 0 Å². The van der Waals surface area contributed by atoms with Gasteiger partial charge in [-0.25, -0.2) is 0 Å². The van der Waals surface area contributed by atoms with Gasteiger partial charge < -0.3 is 9.84 Å². The molecule has 19 heavy (non-hydrogen) atoms. The van der Waals surface area contributed by atoms with Gasteiger partial charge in [0.1, 0.15) is 5.75 Å². The molecule has 0 aliphatic heterocycles. The second-order valence-corrected chi connectivity index (χ2v) is 5.76. The zero-order valence-corrected chi connectivity index (χ0v) is 12.6. The van der Waals surface area contributed by atoms with Gasteiger partial charge in [0.25, 0.3) is 0 Å². The number of ether oxygens (including phenoxy) is 1. The molecule has 1 aromatic carbocycles. The van der Waals surface area contributed by atoms with E-state index in [9.17, 15) is 0 Å². The van der Waals surface area contributed by atoms with E-state index in [1.807, 2.05) is 12.1 Å². The van der Waals surface area contributed by atoms with Crippen LogP contribution in [0.4, 0.5) is 0 Å². The highest BCUT2D eigenvalue weighted by molar-refractivity contribution is 5.38. The fourth-order valence-corrected chi connectivity index (χ4v) is 2.35. The summed E-state index contributed by atoms with van der Waals surface area (Å²) in [6, 6.07) is 8.30. The van der Waals surface area contributed by atoms with Crippen molar-refractivity contribution in [3.05, 3.63) is 29.8 Å². The third-order valence-corrected chi connectivity index (χ3v) is 3.58.